The molecule has 3 aromatic rings. The van der Waals surface area contributed by atoms with E-state index < -0.39 is 23.0 Å². The van der Waals surface area contributed by atoms with Gasteiger partial charge in [-0.25, -0.2) is 23.1 Å². The molecule has 2 N–H and O–H groups in total. The molecule has 1 amide bonds. The molecule has 1 saturated carbocycles. The normalized spacial score (nSPS) is 14.7. The zero-order chi connectivity index (χ0) is 25.7. The second-order valence-corrected chi connectivity index (χ2v) is 9.40. The molecule has 0 saturated heterocycles. The summed E-state index contributed by atoms with van der Waals surface area (Å²) in [4.78, 5) is 24.5. The second kappa shape index (κ2) is 11.1. The van der Waals surface area contributed by atoms with Gasteiger partial charge in [0.25, 0.3) is 5.91 Å². The Balaban J connectivity index is 1.70. The van der Waals surface area contributed by atoms with Crippen molar-refractivity contribution in [2.75, 3.05) is 32.5 Å². The third kappa shape index (κ3) is 5.67. The Morgan fingerprint density at radius 1 is 1.03 bits per heavy atom. The third-order valence-corrected chi connectivity index (χ3v) is 6.64. The van der Waals surface area contributed by atoms with E-state index in [-0.39, 0.29) is 23.5 Å². The summed E-state index contributed by atoms with van der Waals surface area (Å²) in [6.45, 7) is 1.27. The first kappa shape index (κ1) is 25.6. The number of hydrogen-bond donors (Lipinski definition) is 2. The summed E-state index contributed by atoms with van der Waals surface area (Å²) in [5.41, 5.74) is 1.32. The fraction of sp³-hybridized carbons (Fsp3) is 0.370. The van der Waals surface area contributed by atoms with Crippen LogP contribution in [0.25, 0.3) is 0 Å². The van der Waals surface area contributed by atoms with Crippen LogP contribution >= 0.6 is 0 Å². The van der Waals surface area contributed by atoms with Crippen molar-refractivity contribution in [1.82, 2.24) is 20.2 Å². The van der Waals surface area contributed by atoms with Gasteiger partial charge in [0.1, 0.15) is 17.5 Å². The third-order valence-electron chi connectivity index (χ3n) is 6.64. The minimum Gasteiger partial charge on any atom is -0.353 e. The lowest BCUT2D eigenvalue weighted by Crippen LogP contribution is -2.33. The van der Waals surface area contributed by atoms with Crippen LogP contribution in [0.3, 0.4) is 0 Å². The van der Waals surface area contributed by atoms with Gasteiger partial charge in [0.15, 0.2) is 0 Å². The fourth-order valence-electron chi connectivity index (χ4n) is 4.73. The lowest BCUT2D eigenvalue weighted by Gasteiger charge is -2.31. The minimum atomic E-state index is -0.731. The molecule has 9 heteroatoms. The van der Waals surface area contributed by atoms with E-state index in [4.69, 9.17) is 4.98 Å². The number of halogens is 3. The van der Waals surface area contributed by atoms with Crippen molar-refractivity contribution in [3.8, 4) is 0 Å². The maximum Gasteiger partial charge on any atom is 0.255 e. The predicted molar refractivity (Wildman–Crippen MR) is 132 cm³/mol. The molecule has 2 aromatic carbocycles. The number of nitrogens with zero attached hydrogens (tertiary/aromatic N) is 3. The highest BCUT2D eigenvalue weighted by Gasteiger charge is 2.41. The molecule has 4 rings (SSSR count). The van der Waals surface area contributed by atoms with Gasteiger partial charge in [-0.2, -0.15) is 0 Å². The number of benzene rings is 2. The van der Waals surface area contributed by atoms with E-state index in [2.05, 4.69) is 15.6 Å². The summed E-state index contributed by atoms with van der Waals surface area (Å²) in [5.74, 6) is -1.80. The van der Waals surface area contributed by atoms with Gasteiger partial charge in [0.05, 0.1) is 11.3 Å². The second-order valence-electron chi connectivity index (χ2n) is 9.40. The first-order valence-corrected chi connectivity index (χ1v) is 12.0. The number of rotatable bonds is 9. The molecule has 0 aliphatic heterocycles. The Hall–Kier alpha value is -3.46. The molecule has 1 aliphatic carbocycles. The van der Waals surface area contributed by atoms with E-state index in [1.807, 2.05) is 19.0 Å². The van der Waals surface area contributed by atoms with Crippen LogP contribution < -0.4 is 10.6 Å². The lowest BCUT2D eigenvalue weighted by atomic mass is 9.74. The first-order chi connectivity index (χ1) is 17.3. The van der Waals surface area contributed by atoms with Gasteiger partial charge in [-0.15, -0.1) is 0 Å². The van der Waals surface area contributed by atoms with E-state index in [1.165, 1.54) is 24.4 Å². The first-order valence-electron chi connectivity index (χ1n) is 12.0. The number of carbonyl (C=O) groups excluding carboxylic acids is 1. The van der Waals surface area contributed by atoms with Crippen molar-refractivity contribution in [3.63, 3.8) is 0 Å². The van der Waals surface area contributed by atoms with E-state index in [9.17, 15) is 18.0 Å². The summed E-state index contributed by atoms with van der Waals surface area (Å²) in [6, 6.07) is 9.57. The van der Waals surface area contributed by atoms with Crippen molar-refractivity contribution in [3.05, 3.63) is 88.5 Å². The summed E-state index contributed by atoms with van der Waals surface area (Å²) in [7, 11) is 3.93. The highest BCUT2D eigenvalue weighted by atomic mass is 19.1. The highest BCUT2D eigenvalue weighted by molar-refractivity contribution is 5.95. The molecule has 1 heterocycles. The number of likely N-dealkylation sites (N-methyl/N-ethyl adjacent to an activating group) is 1. The van der Waals surface area contributed by atoms with Gasteiger partial charge in [0, 0.05) is 42.9 Å². The Bertz CT molecular complexity index is 1210. The lowest BCUT2D eigenvalue weighted by molar-refractivity contribution is 0.0947. The van der Waals surface area contributed by atoms with Gasteiger partial charge in [-0.05, 0) is 50.7 Å². The van der Waals surface area contributed by atoms with Crippen LogP contribution in [-0.4, -0.2) is 48.0 Å². The average molecular weight is 498 g/mol. The van der Waals surface area contributed by atoms with Crippen LogP contribution in [0.2, 0.25) is 0 Å². The largest absolute Gasteiger partial charge is 0.353 e. The van der Waals surface area contributed by atoms with Crippen molar-refractivity contribution in [2.24, 2.45) is 0 Å². The monoisotopic (exact) mass is 497 g/mol. The summed E-state index contributed by atoms with van der Waals surface area (Å²) < 4.78 is 41.1. The van der Waals surface area contributed by atoms with Crippen LogP contribution in [0.15, 0.2) is 48.7 Å². The Morgan fingerprint density at radius 2 is 1.72 bits per heavy atom. The van der Waals surface area contributed by atoms with Gasteiger partial charge in [-0.3, -0.25) is 4.79 Å². The maximum atomic E-state index is 14.1. The van der Waals surface area contributed by atoms with E-state index in [1.54, 1.807) is 12.1 Å². The van der Waals surface area contributed by atoms with Gasteiger partial charge in [-0.1, -0.05) is 31.0 Å². The molecule has 1 aliphatic rings. The van der Waals surface area contributed by atoms with Crippen LogP contribution in [-0.2, 0) is 12.0 Å². The van der Waals surface area contributed by atoms with Crippen molar-refractivity contribution >= 4 is 11.9 Å². The quantitative estimate of drug-likeness (QED) is 0.450. The number of amides is 1. The highest BCUT2D eigenvalue weighted by Crippen LogP contribution is 2.47. The molecule has 190 valence electrons. The number of anilines is 1. The number of carbonyl (C=O) groups is 1. The molecule has 0 bridgehead atoms. The molecule has 0 unspecified atom stereocenters. The number of hydrogen-bond acceptors (Lipinski definition) is 5. The Labute approximate surface area is 209 Å². The number of aromatic nitrogens is 2. The van der Waals surface area contributed by atoms with Gasteiger partial charge < -0.3 is 15.5 Å². The summed E-state index contributed by atoms with van der Waals surface area (Å²) >= 11 is 0. The summed E-state index contributed by atoms with van der Waals surface area (Å²) in [5, 5.41) is 5.94. The molecule has 0 radical (unpaired) electrons. The molecule has 0 atom stereocenters. The fourth-order valence-corrected chi connectivity index (χ4v) is 4.73. The molecule has 1 aromatic heterocycles. The van der Waals surface area contributed by atoms with Gasteiger partial charge in [0.2, 0.25) is 5.95 Å². The van der Waals surface area contributed by atoms with E-state index in [0.29, 0.717) is 18.2 Å². The smallest absolute Gasteiger partial charge is 0.255 e. The minimum absolute atomic E-state index is 0.114. The molecular weight excluding hydrogens is 467 g/mol. The summed E-state index contributed by atoms with van der Waals surface area (Å²) in [6.07, 6.45) is 4.86. The predicted octanol–water partition coefficient (Wildman–Crippen LogP) is 4.66. The van der Waals surface area contributed by atoms with Crippen LogP contribution in [0.4, 0.5) is 19.1 Å². The number of nitrogens with one attached hydrogen (secondary N) is 2. The molecular formula is C27H30F3N5O. The zero-order valence-corrected chi connectivity index (χ0v) is 20.5. The Kier molecular flexibility index (Phi) is 7.88. The molecule has 6 nitrogen and oxygen atoms in total. The molecule has 0 spiro atoms. The van der Waals surface area contributed by atoms with Crippen molar-refractivity contribution < 1.29 is 18.0 Å². The molecule has 36 heavy (non-hydrogen) atoms. The average Bonchev–Trinajstić information content (AvgIpc) is 3.34. The Morgan fingerprint density at radius 3 is 2.39 bits per heavy atom. The van der Waals surface area contributed by atoms with E-state index >= 15 is 0 Å². The topological polar surface area (TPSA) is 70.2 Å². The van der Waals surface area contributed by atoms with Gasteiger partial charge >= 0.3 is 0 Å². The van der Waals surface area contributed by atoms with Crippen LogP contribution in [0.1, 0.15) is 52.9 Å². The van der Waals surface area contributed by atoms with E-state index in [0.717, 1.165) is 49.9 Å². The maximum absolute atomic E-state index is 14.1. The van der Waals surface area contributed by atoms with Crippen LogP contribution in [0.5, 0.6) is 0 Å². The standard InChI is InChI=1S/C27H30F3N5O/c1-35(2)14-13-31-26-33-17-22(25(36)32-16-18-5-8-21(29)15-23(18)30)24(34-26)27(11-3-4-12-27)19-6-9-20(28)10-7-19/h5-10,15,17H,3-4,11-14,16H2,1-2H3,(H,32,36)(H,31,33,34). The van der Waals surface area contributed by atoms with Crippen molar-refractivity contribution in [1.29, 1.82) is 0 Å². The molecule has 1 fully saturated rings. The van der Waals surface area contributed by atoms with Crippen LogP contribution in [0, 0.1) is 17.5 Å². The van der Waals surface area contributed by atoms with Crippen molar-refractivity contribution in [2.45, 2.75) is 37.6 Å². The zero-order valence-electron chi connectivity index (χ0n) is 20.5. The SMILES string of the molecule is CN(C)CCNc1ncc(C(=O)NCc2ccc(F)cc2F)c(C2(c3ccc(F)cc3)CCCC2)n1.